The Morgan fingerprint density at radius 2 is 0.537 bits per heavy atom. The maximum Gasteiger partial charge on any atom is -0.0122 e. The molecule has 0 amide bonds. The summed E-state index contributed by atoms with van der Waals surface area (Å²) >= 11 is 0. The van der Waals surface area contributed by atoms with E-state index in [4.69, 9.17) is 0 Å². The Morgan fingerprint density at radius 1 is 0.317 bits per heavy atom. The van der Waals surface area contributed by atoms with Crippen LogP contribution in [0.4, 0.5) is 0 Å². The highest BCUT2D eigenvalue weighted by Gasteiger charge is 2.32. The van der Waals surface area contributed by atoms with Crippen molar-refractivity contribution >= 4 is 9.24 Å². The number of unbranched alkanes of at least 4 members (excludes halogenated alkanes) is 26. The summed E-state index contributed by atoms with van der Waals surface area (Å²) in [5.41, 5.74) is 0. The fraction of sp³-hybridized carbons (Fsp3) is 1.00. The lowest BCUT2D eigenvalue weighted by molar-refractivity contribution is 0.269. The summed E-state index contributed by atoms with van der Waals surface area (Å²) in [7, 11) is 3.55. The Bertz CT molecular complexity index is 455. The van der Waals surface area contributed by atoms with Gasteiger partial charge in [0.2, 0.25) is 0 Å². The lowest BCUT2D eigenvalue weighted by Crippen LogP contribution is -2.32. The van der Waals surface area contributed by atoms with Gasteiger partial charge in [-0.2, -0.15) is 0 Å². The molecule has 248 valence electrons. The lowest BCUT2D eigenvalue weighted by Gasteiger charge is -2.39. The monoisotopic (exact) mass is 595 g/mol. The molecule has 0 aromatic carbocycles. The van der Waals surface area contributed by atoms with Crippen molar-refractivity contribution in [2.24, 2.45) is 5.92 Å². The van der Waals surface area contributed by atoms with Gasteiger partial charge in [-0.25, -0.2) is 0 Å². The zero-order chi connectivity index (χ0) is 30.1. The molecule has 0 saturated carbocycles. The molecule has 0 radical (unpaired) electrons. The smallest absolute Gasteiger partial charge is 0.0122 e. The van der Waals surface area contributed by atoms with E-state index in [9.17, 15) is 0 Å². The fourth-order valence-electron chi connectivity index (χ4n) is 7.12. The van der Waals surface area contributed by atoms with Gasteiger partial charge in [0.25, 0.3) is 0 Å². The highest BCUT2D eigenvalue weighted by molar-refractivity contribution is 7.19. The second-order valence-corrected chi connectivity index (χ2v) is 15.3. The van der Waals surface area contributed by atoms with E-state index < -0.39 is 0 Å². The van der Waals surface area contributed by atoms with Crippen molar-refractivity contribution in [1.29, 1.82) is 0 Å². The Morgan fingerprint density at radius 3 is 0.805 bits per heavy atom. The molecule has 1 heteroatoms. The van der Waals surface area contributed by atoms with E-state index in [1.807, 2.05) is 0 Å². The predicted octanol–water partition coefficient (Wildman–Crippen LogP) is 15.6. The van der Waals surface area contributed by atoms with Gasteiger partial charge in [-0.05, 0) is 36.8 Å². The molecule has 0 aliphatic heterocycles. The Hall–Kier alpha value is 0.430. The number of hydrogen-bond donors (Lipinski definition) is 0. The van der Waals surface area contributed by atoms with E-state index in [-0.39, 0.29) is 0 Å². The summed E-state index contributed by atoms with van der Waals surface area (Å²) in [6.45, 7) is 9.35. The topological polar surface area (TPSA) is 0 Å². The SMILES string of the molecule is CCCCCCCCCCCCCCC(CCCCCCCC)C(P)(CCCCCCCC)CCCCCCCC. The van der Waals surface area contributed by atoms with Gasteiger partial charge in [0.05, 0.1) is 0 Å². The van der Waals surface area contributed by atoms with Gasteiger partial charge in [0, 0.05) is 0 Å². The first-order valence-electron chi connectivity index (χ1n) is 19.9. The first kappa shape index (κ1) is 41.4. The van der Waals surface area contributed by atoms with Crippen LogP contribution in [0.5, 0.6) is 0 Å². The highest BCUT2D eigenvalue weighted by atomic mass is 31.0. The van der Waals surface area contributed by atoms with Crippen LogP contribution in [0, 0.1) is 5.92 Å². The first-order valence-corrected chi connectivity index (χ1v) is 20.5. The van der Waals surface area contributed by atoms with E-state index in [1.54, 1.807) is 0 Å². The third kappa shape index (κ3) is 27.7. The first-order chi connectivity index (χ1) is 20.1. The van der Waals surface area contributed by atoms with Gasteiger partial charge >= 0.3 is 0 Å². The molecule has 2 unspecified atom stereocenters. The van der Waals surface area contributed by atoms with Crippen molar-refractivity contribution in [3.05, 3.63) is 0 Å². The van der Waals surface area contributed by atoms with Gasteiger partial charge in [0.1, 0.15) is 0 Å². The minimum absolute atomic E-state index is 0.511. The molecule has 0 nitrogen and oxygen atoms in total. The van der Waals surface area contributed by atoms with Crippen molar-refractivity contribution in [2.45, 2.75) is 251 Å². The molecule has 0 spiro atoms. The van der Waals surface area contributed by atoms with Crippen molar-refractivity contribution in [3.63, 3.8) is 0 Å². The number of hydrogen-bond acceptors (Lipinski definition) is 0. The normalized spacial score (nSPS) is 12.8. The second-order valence-electron chi connectivity index (χ2n) is 14.2. The molecule has 0 aliphatic rings. The van der Waals surface area contributed by atoms with Crippen LogP contribution in [-0.2, 0) is 0 Å². The summed E-state index contributed by atoms with van der Waals surface area (Å²) < 4.78 is 0. The molecule has 0 N–H and O–H groups in total. The molecule has 0 rings (SSSR count). The van der Waals surface area contributed by atoms with Crippen LogP contribution in [0.1, 0.15) is 246 Å². The number of rotatable bonds is 35. The highest BCUT2D eigenvalue weighted by Crippen LogP contribution is 2.44. The Kier molecular flexibility index (Phi) is 33.7. The van der Waals surface area contributed by atoms with Crippen LogP contribution < -0.4 is 0 Å². The summed E-state index contributed by atoms with van der Waals surface area (Å²) in [6.07, 6.45) is 49.6. The lowest BCUT2D eigenvalue weighted by atomic mass is 9.77. The van der Waals surface area contributed by atoms with E-state index in [2.05, 4.69) is 36.9 Å². The minimum atomic E-state index is 0.511. The molecule has 0 aromatic rings. The van der Waals surface area contributed by atoms with Crippen molar-refractivity contribution in [3.8, 4) is 0 Å². The van der Waals surface area contributed by atoms with Crippen molar-refractivity contribution < 1.29 is 0 Å². The summed E-state index contributed by atoms with van der Waals surface area (Å²) in [5.74, 6) is 0.938. The average molecular weight is 595 g/mol. The molecule has 0 aliphatic carbocycles. The van der Waals surface area contributed by atoms with Crippen LogP contribution in [-0.4, -0.2) is 5.16 Å². The standard InChI is InChI=1S/C40H83P/c1-5-9-13-17-21-22-23-24-25-26-28-32-36-39(35-31-27-18-14-10-6-2)40(41,37-33-29-19-15-11-7-3)38-34-30-20-16-12-8-4/h39H,5-38,41H2,1-4H3. The average Bonchev–Trinajstić information content (AvgIpc) is 2.97. The van der Waals surface area contributed by atoms with E-state index in [0.29, 0.717) is 5.16 Å². The van der Waals surface area contributed by atoms with Gasteiger partial charge in [-0.15, -0.1) is 9.24 Å². The van der Waals surface area contributed by atoms with Gasteiger partial charge in [-0.1, -0.05) is 220 Å². The zero-order valence-corrected chi connectivity index (χ0v) is 30.9. The Balaban J connectivity index is 4.76. The molecule has 2 atom stereocenters. The molecular formula is C40H83P. The zero-order valence-electron chi connectivity index (χ0n) is 29.7. The molecule has 0 bridgehead atoms. The van der Waals surface area contributed by atoms with Crippen LogP contribution in [0.3, 0.4) is 0 Å². The minimum Gasteiger partial charge on any atom is -0.131 e. The molecule has 0 aromatic heterocycles. The van der Waals surface area contributed by atoms with E-state index >= 15 is 0 Å². The van der Waals surface area contributed by atoms with E-state index in [0.717, 1.165) is 5.92 Å². The van der Waals surface area contributed by atoms with Crippen LogP contribution in [0.25, 0.3) is 0 Å². The van der Waals surface area contributed by atoms with Gasteiger partial charge in [0.15, 0.2) is 0 Å². The second kappa shape index (κ2) is 33.3. The summed E-state index contributed by atoms with van der Waals surface area (Å²) in [6, 6.07) is 0. The maximum absolute atomic E-state index is 3.55. The fourth-order valence-corrected chi connectivity index (χ4v) is 7.87. The quantitative estimate of drug-likeness (QED) is 0.0505. The molecule has 0 saturated heterocycles. The van der Waals surface area contributed by atoms with Crippen molar-refractivity contribution in [1.82, 2.24) is 0 Å². The van der Waals surface area contributed by atoms with E-state index in [1.165, 1.54) is 218 Å². The summed E-state index contributed by atoms with van der Waals surface area (Å²) in [5, 5.41) is 0.511. The largest absolute Gasteiger partial charge is 0.131 e. The Labute approximate surface area is 265 Å². The molecule has 0 fully saturated rings. The summed E-state index contributed by atoms with van der Waals surface area (Å²) in [4.78, 5) is 0. The van der Waals surface area contributed by atoms with Gasteiger partial charge < -0.3 is 0 Å². The third-order valence-corrected chi connectivity index (χ3v) is 11.2. The predicted molar refractivity (Wildman–Crippen MR) is 196 cm³/mol. The molecule has 0 heterocycles. The molecular weight excluding hydrogens is 511 g/mol. The maximum atomic E-state index is 3.55. The molecule has 41 heavy (non-hydrogen) atoms. The van der Waals surface area contributed by atoms with Crippen LogP contribution in [0.15, 0.2) is 0 Å². The third-order valence-electron chi connectivity index (χ3n) is 10.1. The van der Waals surface area contributed by atoms with Gasteiger partial charge in [-0.3, -0.25) is 0 Å². The van der Waals surface area contributed by atoms with Crippen LogP contribution in [0.2, 0.25) is 0 Å². The van der Waals surface area contributed by atoms with Crippen LogP contribution >= 0.6 is 9.24 Å². The van der Waals surface area contributed by atoms with Crippen molar-refractivity contribution in [2.75, 3.05) is 0 Å².